The summed E-state index contributed by atoms with van der Waals surface area (Å²) in [5, 5.41) is 18.7. The molecule has 0 aliphatic carbocycles. The number of hydrogen-bond donors (Lipinski definition) is 2. The summed E-state index contributed by atoms with van der Waals surface area (Å²) in [6, 6.07) is 5.10. The van der Waals surface area contributed by atoms with Crippen LogP contribution in [0.2, 0.25) is 0 Å². The summed E-state index contributed by atoms with van der Waals surface area (Å²) in [7, 11) is 1.54. The average molecular weight is 411 g/mol. The van der Waals surface area contributed by atoms with E-state index in [-0.39, 0.29) is 50.5 Å². The van der Waals surface area contributed by atoms with Crippen LogP contribution in [-0.4, -0.2) is 42.2 Å². The fourth-order valence-electron chi connectivity index (χ4n) is 2.75. The van der Waals surface area contributed by atoms with Gasteiger partial charge in [-0.3, -0.25) is 0 Å². The van der Waals surface area contributed by atoms with Crippen molar-refractivity contribution in [1.29, 1.82) is 0 Å². The predicted molar refractivity (Wildman–Crippen MR) is 94.5 cm³/mol. The van der Waals surface area contributed by atoms with Crippen LogP contribution in [-0.2, 0) is 7.05 Å². The summed E-state index contributed by atoms with van der Waals surface area (Å²) >= 11 is -0.294. The van der Waals surface area contributed by atoms with Crippen molar-refractivity contribution in [1.82, 2.24) is 14.5 Å². The maximum absolute atomic E-state index is 12.6. The second-order valence-electron chi connectivity index (χ2n) is 5.85. The molecule has 7 nitrogen and oxygen atoms in total. The van der Waals surface area contributed by atoms with Gasteiger partial charge >= 0.3 is 17.4 Å². The molecule has 0 bridgehead atoms. The van der Waals surface area contributed by atoms with Crippen LogP contribution in [0.4, 0.5) is 13.2 Å². The highest BCUT2D eigenvalue weighted by Gasteiger charge is 2.30. The first-order chi connectivity index (χ1) is 13.0. The number of thioether (sulfide) groups is 1. The molecule has 0 radical (unpaired) electrons. The minimum atomic E-state index is -4.46. The minimum absolute atomic E-state index is 0.0315. The van der Waals surface area contributed by atoms with Gasteiger partial charge in [0, 0.05) is 11.9 Å². The summed E-state index contributed by atoms with van der Waals surface area (Å²) in [4.78, 5) is 31.1. The van der Waals surface area contributed by atoms with E-state index in [0.717, 1.165) is 0 Å². The fourth-order valence-corrected chi connectivity index (χ4v) is 3.33. The van der Waals surface area contributed by atoms with Crippen LogP contribution in [0.3, 0.4) is 0 Å². The number of aryl methyl sites for hydroxylation is 2. The molecule has 0 fully saturated rings. The van der Waals surface area contributed by atoms with Crippen molar-refractivity contribution < 1.29 is 33.0 Å². The third kappa shape index (κ3) is 3.65. The minimum Gasteiger partial charge on any atom is -0.478 e. The van der Waals surface area contributed by atoms with Gasteiger partial charge in [0.15, 0.2) is 11.5 Å². The highest BCUT2D eigenvalue weighted by atomic mass is 32.2. The molecule has 11 heteroatoms. The number of nitrogens with zero attached hydrogens (tertiary/aromatic N) is 3. The Kier molecular flexibility index (Phi) is 4.79. The number of imidazole rings is 1. The van der Waals surface area contributed by atoms with E-state index in [1.54, 1.807) is 0 Å². The van der Waals surface area contributed by atoms with Gasteiger partial charge in [0.05, 0.1) is 16.6 Å². The Balaban J connectivity index is 2.23. The molecule has 0 saturated carbocycles. The molecule has 0 atom stereocenters. The maximum atomic E-state index is 12.6. The van der Waals surface area contributed by atoms with Crippen LogP contribution in [0.25, 0.3) is 22.6 Å². The Bertz CT molecular complexity index is 1130. The van der Waals surface area contributed by atoms with E-state index in [9.17, 15) is 33.0 Å². The van der Waals surface area contributed by atoms with E-state index in [1.165, 1.54) is 42.8 Å². The molecule has 0 aliphatic rings. The lowest BCUT2D eigenvalue weighted by Crippen LogP contribution is -2.11. The van der Waals surface area contributed by atoms with Crippen LogP contribution in [0, 0.1) is 6.92 Å². The zero-order valence-corrected chi connectivity index (χ0v) is 15.2. The number of carboxylic acid groups (broad SMARTS) is 2. The molecule has 28 heavy (non-hydrogen) atoms. The van der Waals surface area contributed by atoms with Gasteiger partial charge in [-0.25, -0.2) is 19.6 Å². The number of carbonyl (C=O) groups is 2. The third-order valence-electron chi connectivity index (χ3n) is 3.94. The van der Waals surface area contributed by atoms with Gasteiger partial charge in [0.1, 0.15) is 5.69 Å². The Morgan fingerprint density at radius 1 is 1.11 bits per heavy atom. The molecular weight excluding hydrogens is 399 g/mol. The smallest absolute Gasteiger partial charge is 0.446 e. The molecule has 2 heterocycles. The van der Waals surface area contributed by atoms with Crippen molar-refractivity contribution in [3.63, 3.8) is 0 Å². The number of halogens is 3. The standard InChI is InChI=1S/C17H12F3N3O4S/c1-7-5-9(15(24)25)13(22-12(7)16(26)27)14-21-10-6-8(28-17(18,19)20)3-4-11(10)23(14)2/h3-6H,1-2H3,(H,24,25)(H,26,27). The number of rotatable bonds is 4. The van der Waals surface area contributed by atoms with Crippen LogP contribution < -0.4 is 0 Å². The van der Waals surface area contributed by atoms with E-state index in [2.05, 4.69) is 9.97 Å². The number of alkyl halides is 3. The lowest BCUT2D eigenvalue weighted by Gasteiger charge is -2.09. The predicted octanol–water partition coefficient (Wildman–Crippen LogP) is 3.95. The van der Waals surface area contributed by atoms with E-state index in [4.69, 9.17) is 0 Å². The van der Waals surface area contributed by atoms with Crippen molar-refractivity contribution in [3.05, 3.63) is 41.1 Å². The molecule has 0 spiro atoms. The number of benzene rings is 1. The molecule has 0 saturated heterocycles. The van der Waals surface area contributed by atoms with Gasteiger partial charge in [0.25, 0.3) is 0 Å². The van der Waals surface area contributed by atoms with Gasteiger partial charge in [-0.15, -0.1) is 0 Å². The zero-order chi connectivity index (χ0) is 20.8. The molecular formula is C17H12F3N3O4S. The second kappa shape index (κ2) is 6.82. The topological polar surface area (TPSA) is 105 Å². The van der Waals surface area contributed by atoms with Crippen LogP contribution in [0.1, 0.15) is 26.4 Å². The van der Waals surface area contributed by atoms with Crippen LogP contribution >= 0.6 is 11.8 Å². The molecule has 2 N–H and O–H groups in total. The number of aromatic carboxylic acids is 2. The molecule has 146 valence electrons. The van der Waals surface area contributed by atoms with Gasteiger partial charge in [-0.1, -0.05) is 0 Å². The first-order valence-corrected chi connectivity index (χ1v) is 8.50. The summed E-state index contributed by atoms with van der Waals surface area (Å²) in [5.74, 6) is -2.63. The number of carboxylic acids is 2. The molecule has 2 aromatic heterocycles. The lowest BCUT2D eigenvalue weighted by molar-refractivity contribution is -0.0328. The Hall–Kier alpha value is -3.08. The van der Waals surface area contributed by atoms with Crippen LogP contribution in [0.15, 0.2) is 29.2 Å². The monoisotopic (exact) mass is 411 g/mol. The van der Waals surface area contributed by atoms with Crippen LogP contribution in [0.5, 0.6) is 0 Å². The Morgan fingerprint density at radius 2 is 1.79 bits per heavy atom. The summed E-state index contributed by atoms with van der Waals surface area (Å²) in [5.41, 5.74) is -4.43. The highest BCUT2D eigenvalue weighted by molar-refractivity contribution is 8.00. The average Bonchev–Trinajstić information content (AvgIpc) is 2.89. The largest absolute Gasteiger partial charge is 0.478 e. The molecule has 3 rings (SSSR count). The number of aromatic nitrogens is 3. The SMILES string of the molecule is Cc1cc(C(=O)O)c(-c2nc3cc(SC(F)(F)F)ccc3n2C)nc1C(=O)O. The van der Waals surface area contributed by atoms with Gasteiger partial charge < -0.3 is 14.8 Å². The number of fused-ring (bicyclic) bond motifs is 1. The second-order valence-corrected chi connectivity index (χ2v) is 6.99. The molecule has 1 aromatic carbocycles. The van der Waals surface area contributed by atoms with Crippen molar-refractivity contribution in [3.8, 4) is 11.5 Å². The third-order valence-corrected chi connectivity index (χ3v) is 4.66. The first-order valence-electron chi connectivity index (χ1n) is 7.68. The Morgan fingerprint density at radius 3 is 2.36 bits per heavy atom. The summed E-state index contributed by atoms with van der Waals surface area (Å²) in [6.07, 6.45) is 0. The quantitative estimate of drug-likeness (QED) is 0.626. The zero-order valence-electron chi connectivity index (χ0n) is 14.4. The van der Waals surface area contributed by atoms with Crippen molar-refractivity contribution in [2.75, 3.05) is 0 Å². The van der Waals surface area contributed by atoms with Crippen molar-refractivity contribution >= 4 is 34.7 Å². The summed E-state index contributed by atoms with van der Waals surface area (Å²) in [6.45, 7) is 1.42. The number of pyridine rings is 1. The lowest BCUT2D eigenvalue weighted by atomic mass is 10.1. The van der Waals surface area contributed by atoms with E-state index < -0.39 is 17.4 Å². The van der Waals surface area contributed by atoms with E-state index >= 15 is 0 Å². The highest BCUT2D eigenvalue weighted by Crippen LogP contribution is 2.38. The maximum Gasteiger partial charge on any atom is 0.446 e. The summed E-state index contributed by atoms with van der Waals surface area (Å²) < 4.78 is 39.2. The fraction of sp³-hybridized carbons (Fsp3) is 0.176. The Labute approximate surface area is 159 Å². The molecule has 0 amide bonds. The van der Waals surface area contributed by atoms with E-state index in [1.807, 2.05) is 0 Å². The molecule has 3 aromatic rings. The van der Waals surface area contributed by atoms with Crippen molar-refractivity contribution in [2.24, 2.45) is 7.05 Å². The normalized spacial score (nSPS) is 11.8. The first kappa shape index (κ1) is 19.7. The molecule has 0 unspecified atom stereocenters. The van der Waals surface area contributed by atoms with E-state index in [0.29, 0.717) is 5.52 Å². The number of hydrogen-bond acceptors (Lipinski definition) is 5. The van der Waals surface area contributed by atoms with Gasteiger partial charge in [-0.2, -0.15) is 13.2 Å². The molecule has 0 aliphatic heterocycles. The van der Waals surface area contributed by atoms with Gasteiger partial charge in [0.2, 0.25) is 0 Å². The van der Waals surface area contributed by atoms with Gasteiger partial charge in [-0.05, 0) is 48.5 Å². The van der Waals surface area contributed by atoms with Crippen molar-refractivity contribution in [2.45, 2.75) is 17.3 Å².